The molecule has 1 aliphatic heterocycles. The third kappa shape index (κ3) is 5.25. The normalized spacial score (nSPS) is 18.3. The number of dihydropyridines is 1. The first-order valence-corrected chi connectivity index (χ1v) is 13.4. The van der Waals surface area contributed by atoms with Crippen LogP contribution in [0.2, 0.25) is 0 Å². The summed E-state index contributed by atoms with van der Waals surface area (Å²) in [4.78, 5) is 28.0. The number of ketones is 1. The van der Waals surface area contributed by atoms with E-state index >= 15 is 0 Å². The summed E-state index contributed by atoms with van der Waals surface area (Å²) in [5, 5.41) is 6.44. The molecule has 0 radical (unpaired) electrons. The second-order valence-electron chi connectivity index (χ2n) is 10.0. The monoisotopic (exact) mass is 554 g/mol. The van der Waals surface area contributed by atoms with Gasteiger partial charge in [-0.25, -0.2) is 0 Å². The number of allylic oxidation sites excluding steroid dienone is 3. The Morgan fingerprint density at radius 2 is 1.46 bits per heavy atom. The molecule has 0 bridgehead atoms. The summed E-state index contributed by atoms with van der Waals surface area (Å²) in [6.07, 6.45) is 0.892. The summed E-state index contributed by atoms with van der Waals surface area (Å²) >= 11 is 0. The van der Waals surface area contributed by atoms with Crippen LogP contribution < -0.4 is 29.6 Å². The predicted molar refractivity (Wildman–Crippen MR) is 157 cm³/mol. The highest BCUT2D eigenvalue weighted by Crippen LogP contribution is 2.48. The van der Waals surface area contributed by atoms with E-state index in [-0.39, 0.29) is 17.6 Å². The van der Waals surface area contributed by atoms with Crippen molar-refractivity contribution >= 4 is 17.4 Å². The van der Waals surface area contributed by atoms with Gasteiger partial charge in [0.05, 0.1) is 40.0 Å². The number of nitrogens with one attached hydrogen (secondary N) is 2. The van der Waals surface area contributed by atoms with Crippen molar-refractivity contribution in [3.05, 3.63) is 100 Å². The van der Waals surface area contributed by atoms with E-state index in [4.69, 9.17) is 18.9 Å². The van der Waals surface area contributed by atoms with Crippen molar-refractivity contribution in [2.24, 2.45) is 0 Å². The molecule has 8 nitrogen and oxygen atoms in total. The first kappa shape index (κ1) is 27.8. The summed E-state index contributed by atoms with van der Waals surface area (Å²) in [5.41, 5.74) is 4.81. The van der Waals surface area contributed by atoms with Gasteiger partial charge < -0.3 is 29.6 Å². The molecule has 0 fully saturated rings. The van der Waals surface area contributed by atoms with Crippen LogP contribution in [0.4, 0.5) is 5.69 Å². The van der Waals surface area contributed by atoms with E-state index in [1.165, 1.54) is 0 Å². The maximum atomic E-state index is 14.0. The molecule has 5 rings (SSSR count). The number of hydrogen-bond donors (Lipinski definition) is 2. The number of methoxy groups -OCH3 is 4. The van der Waals surface area contributed by atoms with E-state index in [2.05, 4.69) is 10.6 Å². The number of anilines is 1. The Kier molecular flexibility index (Phi) is 8.01. The molecule has 212 valence electrons. The molecule has 2 atom stereocenters. The number of para-hydroxylation sites is 3. The Hall–Kier alpha value is -4.72. The molecule has 0 aromatic heterocycles. The molecule has 1 heterocycles. The summed E-state index contributed by atoms with van der Waals surface area (Å²) in [6, 6.07) is 20.5. The molecule has 0 unspecified atom stereocenters. The molecule has 2 N–H and O–H groups in total. The van der Waals surface area contributed by atoms with Gasteiger partial charge in [0.25, 0.3) is 5.91 Å². The second-order valence-corrected chi connectivity index (χ2v) is 10.0. The van der Waals surface area contributed by atoms with E-state index in [0.717, 1.165) is 16.8 Å². The number of amides is 1. The van der Waals surface area contributed by atoms with E-state index in [9.17, 15) is 9.59 Å². The molecule has 0 spiro atoms. The van der Waals surface area contributed by atoms with Crippen molar-refractivity contribution < 1.29 is 28.5 Å². The molecule has 1 aliphatic carbocycles. The molecular weight excluding hydrogens is 520 g/mol. The minimum atomic E-state index is -0.615. The average Bonchev–Trinajstić information content (AvgIpc) is 2.99. The third-order valence-corrected chi connectivity index (χ3v) is 7.76. The first-order valence-electron chi connectivity index (χ1n) is 13.4. The highest BCUT2D eigenvalue weighted by molar-refractivity contribution is 6.10. The zero-order valence-corrected chi connectivity index (χ0v) is 23.9. The van der Waals surface area contributed by atoms with Crippen LogP contribution in [0.1, 0.15) is 42.7 Å². The van der Waals surface area contributed by atoms with Gasteiger partial charge in [-0.05, 0) is 55.2 Å². The van der Waals surface area contributed by atoms with Crippen LogP contribution in [-0.4, -0.2) is 40.1 Å². The number of hydrogen-bond acceptors (Lipinski definition) is 7. The van der Waals surface area contributed by atoms with Gasteiger partial charge in [0, 0.05) is 34.5 Å². The maximum absolute atomic E-state index is 14.0. The number of Topliss-reactive ketones (excluding diaryl/α,β-unsaturated/α-hetero) is 1. The number of rotatable bonds is 8. The lowest BCUT2D eigenvalue weighted by Gasteiger charge is -2.37. The van der Waals surface area contributed by atoms with Crippen LogP contribution in [0.3, 0.4) is 0 Å². The zero-order valence-electron chi connectivity index (χ0n) is 23.9. The summed E-state index contributed by atoms with van der Waals surface area (Å²) in [7, 11) is 6.35. The second kappa shape index (κ2) is 11.8. The van der Waals surface area contributed by atoms with Crippen molar-refractivity contribution in [1.29, 1.82) is 0 Å². The zero-order chi connectivity index (χ0) is 29.1. The SMILES string of the molecule is COc1ccccc1NC(=O)C1=C(C)NC2=C(C(=O)C[C@@H](c3ccc(OC)c(OC)c3)C2)[C@@H]1c1ccccc1OC. The van der Waals surface area contributed by atoms with E-state index in [1.807, 2.05) is 61.5 Å². The Bertz CT molecular complexity index is 1560. The number of ether oxygens (including phenoxy) is 4. The first-order chi connectivity index (χ1) is 19.9. The quantitative estimate of drug-likeness (QED) is 0.368. The molecule has 1 amide bonds. The Balaban J connectivity index is 1.58. The van der Waals surface area contributed by atoms with Crippen LogP contribution in [0.5, 0.6) is 23.0 Å². The highest BCUT2D eigenvalue weighted by Gasteiger charge is 2.42. The van der Waals surface area contributed by atoms with E-state index in [1.54, 1.807) is 40.6 Å². The minimum absolute atomic E-state index is 0.0236. The van der Waals surface area contributed by atoms with Crippen LogP contribution in [0, 0.1) is 0 Å². The van der Waals surface area contributed by atoms with E-state index in [0.29, 0.717) is 58.4 Å². The lowest BCUT2D eigenvalue weighted by atomic mass is 9.71. The van der Waals surface area contributed by atoms with Gasteiger partial charge in [-0.15, -0.1) is 0 Å². The topological polar surface area (TPSA) is 95.1 Å². The molecule has 3 aromatic carbocycles. The predicted octanol–water partition coefficient (Wildman–Crippen LogP) is 5.72. The smallest absolute Gasteiger partial charge is 0.254 e. The largest absolute Gasteiger partial charge is 0.496 e. The molecule has 41 heavy (non-hydrogen) atoms. The number of benzene rings is 3. The van der Waals surface area contributed by atoms with Crippen LogP contribution in [0.15, 0.2) is 89.3 Å². The van der Waals surface area contributed by atoms with Crippen molar-refractivity contribution in [1.82, 2.24) is 5.32 Å². The highest BCUT2D eigenvalue weighted by atomic mass is 16.5. The van der Waals surface area contributed by atoms with Gasteiger partial charge in [-0.2, -0.15) is 0 Å². The molecule has 3 aromatic rings. The Labute approximate surface area is 240 Å². The van der Waals surface area contributed by atoms with Crippen LogP contribution >= 0.6 is 0 Å². The van der Waals surface area contributed by atoms with Crippen molar-refractivity contribution in [2.45, 2.75) is 31.6 Å². The van der Waals surface area contributed by atoms with Gasteiger partial charge in [-0.1, -0.05) is 36.4 Å². The molecule has 8 heteroatoms. The van der Waals surface area contributed by atoms with Crippen LogP contribution in [0.25, 0.3) is 0 Å². The van der Waals surface area contributed by atoms with Crippen LogP contribution in [-0.2, 0) is 9.59 Å². The standard InChI is InChI=1S/C33H34N2O6/c1-19-30(33(37)35-23-11-7-9-13-27(23)39-3)31(22-10-6-8-12-26(22)38-2)32-24(34-19)16-21(17-25(32)36)20-14-15-28(40-4)29(18-20)41-5/h6-15,18,21,31,34H,16-17H2,1-5H3,(H,35,37)/t21-,31+/m0/s1. The average molecular weight is 555 g/mol. The summed E-state index contributed by atoms with van der Waals surface area (Å²) < 4.78 is 22.1. The summed E-state index contributed by atoms with van der Waals surface area (Å²) in [6.45, 7) is 1.87. The van der Waals surface area contributed by atoms with Gasteiger partial charge in [0.1, 0.15) is 11.5 Å². The fourth-order valence-electron chi connectivity index (χ4n) is 5.84. The molecule has 0 saturated carbocycles. The fourth-order valence-corrected chi connectivity index (χ4v) is 5.84. The minimum Gasteiger partial charge on any atom is -0.496 e. The maximum Gasteiger partial charge on any atom is 0.254 e. The summed E-state index contributed by atoms with van der Waals surface area (Å²) in [5.74, 6) is 1.38. The van der Waals surface area contributed by atoms with Gasteiger partial charge in [-0.3, -0.25) is 9.59 Å². The number of carbonyl (C=O) groups is 2. The van der Waals surface area contributed by atoms with Crippen molar-refractivity contribution in [3.63, 3.8) is 0 Å². The van der Waals surface area contributed by atoms with Gasteiger partial charge in [0.15, 0.2) is 17.3 Å². The van der Waals surface area contributed by atoms with Gasteiger partial charge >= 0.3 is 0 Å². The Morgan fingerprint density at radius 3 is 2.17 bits per heavy atom. The Morgan fingerprint density at radius 1 is 0.805 bits per heavy atom. The lowest BCUT2D eigenvalue weighted by molar-refractivity contribution is -0.116. The van der Waals surface area contributed by atoms with E-state index < -0.39 is 5.92 Å². The molecular formula is C33H34N2O6. The van der Waals surface area contributed by atoms with Gasteiger partial charge in [0.2, 0.25) is 0 Å². The lowest BCUT2D eigenvalue weighted by Crippen LogP contribution is -2.37. The number of carbonyl (C=O) groups excluding carboxylic acids is 2. The fraction of sp³-hybridized carbons (Fsp3) is 0.273. The molecule has 0 saturated heterocycles. The third-order valence-electron chi connectivity index (χ3n) is 7.76. The van der Waals surface area contributed by atoms with Crippen molar-refractivity contribution in [3.8, 4) is 23.0 Å². The molecule has 2 aliphatic rings. The van der Waals surface area contributed by atoms with Crippen molar-refractivity contribution in [2.75, 3.05) is 33.8 Å².